The molecule has 0 saturated carbocycles. The summed E-state index contributed by atoms with van der Waals surface area (Å²) in [5.74, 6) is 0.931. The molecular weight excluding hydrogens is 280 g/mol. The highest BCUT2D eigenvalue weighted by molar-refractivity contribution is 5.84. The summed E-state index contributed by atoms with van der Waals surface area (Å²) in [6.07, 6.45) is 3.22. The number of ether oxygens (including phenoxy) is 1. The number of hydrogen-bond donors (Lipinski definition) is 2. The number of rotatable bonds is 6. The van der Waals surface area contributed by atoms with Crippen LogP contribution in [0.2, 0.25) is 0 Å². The van der Waals surface area contributed by atoms with Gasteiger partial charge in [0.15, 0.2) is 0 Å². The van der Waals surface area contributed by atoms with E-state index >= 15 is 0 Å². The van der Waals surface area contributed by atoms with Gasteiger partial charge in [-0.3, -0.25) is 9.98 Å². The van der Waals surface area contributed by atoms with E-state index in [9.17, 15) is 10.2 Å². The molecule has 2 N–H and O–H groups in total. The average molecular weight is 298 g/mol. The number of phenolic OH excluding ortho intramolecular Hbond substituents is 2. The fourth-order valence-electron chi connectivity index (χ4n) is 1.80. The highest BCUT2D eigenvalue weighted by Crippen LogP contribution is 2.21. The lowest BCUT2D eigenvalue weighted by Crippen LogP contribution is -1.91. The summed E-state index contributed by atoms with van der Waals surface area (Å²) in [4.78, 5) is 8.41. The zero-order chi connectivity index (χ0) is 15.8. The molecule has 2 rings (SSSR count). The number of hydrogen-bond acceptors (Lipinski definition) is 5. The lowest BCUT2D eigenvalue weighted by Gasteiger charge is -2.02. The van der Waals surface area contributed by atoms with Gasteiger partial charge < -0.3 is 14.9 Å². The van der Waals surface area contributed by atoms with Gasteiger partial charge in [-0.1, -0.05) is 12.1 Å². The largest absolute Gasteiger partial charge is 0.507 e. The zero-order valence-electron chi connectivity index (χ0n) is 12.3. The molecule has 0 spiro atoms. The van der Waals surface area contributed by atoms with Crippen LogP contribution in [-0.4, -0.2) is 42.8 Å². The Kier molecular flexibility index (Phi) is 5.54. The molecule has 0 aliphatic heterocycles. The van der Waals surface area contributed by atoms with E-state index in [1.54, 1.807) is 49.9 Å². The van der Waals surface area contributed by atoms with Crippen molar-refractivity contribution in [3.8, 4) is 17.2 Å². The Hall–Kier alpha value is -2.82. The van der Waals surface area contributed by atoms with Crippen molar-refractivity contribution in [2.75, 3.05) is 20.2 Å². The molecule has 0 heterocycles. The highest BCUT2D eigenvalue weighted by Gasteiger charge is 1.99. The molecule has 0 aromatic heterocycles. The quantitative estimate of drug-likeness (QED) is 0.636. The Balaban J connectivity index is 1.85. The Bertz CT molecular complexity index is 681. The number of para-hydroxylation sites is 1. The van der Waals surface area contributed by atoms with Crippen LogP contribution in [0.1, 0.15) is 11.1 Å². The SMILES string of the molecule is COc1ccc(C=NCCN=Cc2ccccc2O)c(O)c1. The maximum absolute atomic E-state index is 9.78. The fourth-order valence-corrected chi connectivity index (χ4v) is 1.80. The average Bonchev–Trinajstić information content (AvgIpc) is 2.53. The Labute approximate surface area is 129 Å². The first-order valence-corrected chi connectivity index (χ1v) is 6.85. The standard InChI is InChI=1S/C17H18N2O3/c1-22-15-7-6-14(17(21)10-15)12-19-9-8-18-11-13-4-2-3-5-16(13)20/h2-7,10-12,20-21H,8-9H2,1H3. The predicted octanol–water partition coefficient (Wildman–Crippen LogP) is 2.64. The first-order valence-electron chi connectivity index (χ1n) is 6.85. The third-order valence-electron chi connectivity index (χ3n) is 2.99. The summed E-state index contributed by atoms with van der Waals surface area (Å²) in [6, 6.07) is 12.0. The second kappa shape index (κ2) is 7.83. The maximum Gasteiger partial charge on any atom is 0.128 e. The molecule has 0 bridgehead atoms. The molecular formula is C17H18N2O3. The predicted molar refractivity (Wildman–Crippen MR) is 87.7 cm³/mol. The van der Waals surface area contributed by atoms with Gasteiger partial charge in [-0.2, -0.15) is 0 Å². The van der Waals surface area contributed by atoms with Gasteiger partial charge in [0, 0.05) is 29.6 Å². The molecule has 0 aliphatic rings. The third kappa shape index (κ3) is 4.34. The number of methoxy groups -OCH3 is 1. The minimum absolute atomic E-state index is 0.126. The number of aromatic hydroxyl groups is 2. The van der Waals surface area contributed by atoms with Crippen LogP contribution in [0, 0.1) is 0 Å². The third-order valence-corrected chi connectivity index (χ3v) is 2.99. The van der Waals surface area contributed by atoms with Gasteiger partial charge in [-0.05, 0) is 24.3 Å². The Morgan fingerprint density at radius 1 is 0.909 bits per heavy atom. The van der Waals surface area contributed by atoms with Crippen molar-refractivity contribution in [2.45, 2.75) is 0 Å². The van der Waals surface area contributed by atoms with Crippen molar-refractivity contribution in [1.82, 2.24) is 0 Å². The summed E-state index contributed by atoms with van der Waals surface area (Å²) in [6.45, 7) is 0.997. The van der Waals surface area contributed by atoms with E-state index in [-0.39, 0.29) is 11.5 Å². The summed E-state index contributed by atoms with van der Waals surface area (Å²) in [5, 5.41) is 19.4. The van der Waals surface area contributed by atoms with Crippen LogP contribution in [0.25, 0.3) is 0 Å². The normalized spacial score (nSPS) is 11.3. The minimum atomic E-state index is 0.126. The van der Waals surface area contributed by atoms with Crippen LogP contribution >= 0.6 is 0 Å². The zero-order valence-corrected chi connectivity index (χ0v) is 12.3. The molecule has 0 saturated heterocycles. The lowest BCUT2D eigenvalue weighted by molar-refractivity contribution is 0.407. The van der Waals surface area contributed by atoms with Gasteiger partial charge in [-0.25, -0.2) is 0 Å². The molecule has 2 aromatic carbocycles. The molecule has 5 nitrogen and oxygen atoms in total. The Morgan fingerprint density at radius 2 is 1.55 bits per heavy atom. The molecule has 114 valence electrons. The van der Waals surface area contributed by atoms with E-state index in [0.29, 0.717) is 30.0 Å². The van der Waals surface area contributed by atoms with E-state index in [1.165, 1.54) is 6.07 Å². The smallest absolute Gasteiger partial charge is 0.128 e. The van der Waals surface area contributed by atoms with Crippen molar-refractivity contribution in [1.29, 1.82) is 0 Å². The van der Waals surface area contributed by atoms with Gasteiger partial charge in [0.1, 0.15) is 17.2 Å². The van der Waals surface area contributed by atoms with Crippen molar-refractivity contribution < 1.29 is 14.9 Å². The van der Waals surface area contributed by atoms with Gasteiger partial charge in [0.25, 0.3) is 0 Å². The lowest BCUT2D eigenvalue weighted by atomic mass is 10.2. The van der Waals surface area contributed by atoms with Crippen LogP contribution in [0.5, 0.6) is 17.2 Å². The van der Waals surface area contributed by atoms with Crippen LogP contribution < -0.4 is 4.74 Å². The number of phenols is 2. The second-order valence-corrected chi connectivity index (χ2v) is 4.55. The van der Waals surface area contributed by atoms with E-state index in [4.69, 9.17) is 4.74 Å². The van der Waals surface area contributed by atoms with Crippen LogP contribution in [0.4, 0.5) is 0 Å². The fraction of sp³-hybridized carbons (Fsp3) is 0.176. The molecule has 5 heteroatoms. The molecule has 0 aliphatic carbocycles. The molecule has 0 atom stereocenters. The van der Waals surface area contributed by atoms with Crippen molar-refractivity contribution >= 4 is 12.4 Å². The molecule has 0 fully saturated rings. The summed E-state index contributed by atoms with van der Waals surface area (Å²) in [7, 11) is 1.55. The summed E-state index contributed by atoms with van der Waals surface area (Å²) >= 11 is 0. The molecule has 0 radical (unpaired) electrons. The first kappa shape index (κ1) is 15.6. The van der Waals surface area contributed by atoms with Gasteiger partial charge >= 0.3 is 0 Å². The molecule has 2 aromatic rings. The van der Waals surface area contributed by atoms with Crippen molar-refractivity contribution in [3.63, 3.8) is 0 Å². The summed E-state index contributed by atoms with van der Waals surface area (Å²) in [5.41, 5.74) is 1.31. The monoisotopic (exact) mass is 298 g/mol. The van der Waals surface area contributed by atoms with Crippen LogP contribution in [-0.2, 0) is 0 Å². The van der Waals surface area contributed by atoms with Crippen LogP contribution in [0.15, 0.2) is 52.4 Å². The van der Waals surface area contributed by atoms with Crippen LogP contribution in [0.3, 0.4) is 0 Å². The topological polar surface area (TPSA) is 74.4 Å². The van der Waals surface area contributed by atoms with E-state index in [2.05, 4.69) is 9.98 Å². The second-order valence-electron chi connectivity index (χ2n) is 4.55. The molecule has 0 amide bonds. The highest BCUT2D eigenvalue weighted by atomic mass is 16.5. The number of benzene rings is 2. The maximum atomic E-state index is 9.78. The van der Waals surface area contributed by atoms with E-state index < -0.39 is 0 Å². The molecule has 22 heavy (non-hydrogen) atoms. The Morgan fingerprint density at radius 3 is 2.14 bits per heavy atom. The van der Waals surface area contributed by atoms with Crippen molar-refractivity contribution in [3.05, 3.63) is 53.6 Å². The van der Waals surface area contributed by atoms with E-state index in [0.717, 1.165) is 0 Å². The van der Waals surface area contributed by atoms with Gasteiger partial charge in [-0.15, -0.1) is 0 Å². The first-order chi connectivity index (χ1) is 10.7. The number of nitrogens with zero attached hydrogens (tertiary/aromatic N) is 2. The van der Waals surface area contributed by atoms with E-state index in [1.807, 2.05) is 6.07 Å². The summed E-state index contributed by atoms with van der Waals surface area (Å²) < 4.78 is 5.02. The van der Waals surface area contributed by atoms with Gasteiger partial charge in [0.2, 0.25) is 0 Å². The van der Waals surface area contributed by atoms with Crippen molar-refractivity contribution in [2.24, 2.45) is 9.98 Å². The number of aliphatic imine (C=N–C) groups is 2. The minimum Gasteiger partial charge on any atom is -0.507 e. The van der Waals surface area contributed by atoms with Gasteiger partial charge in [0.05, 0.1) is 20.2 Å². The molecule has 0 unspecified atom stereocenters.